The van der Waals surface area contributed by atoms with E-state index < -0.39 is 0 Å². The topological polar surface area (TPSA) is 35.5 Å². The van der Waals surface area contributed by atoms with Gasteiger partial charge in [-0.05, 0) is 37.1 Å². The maximum absolute atomic E-state index is 11.4. The van der Waals surface area contributed by atoms with Crippen molar-refractivity contribution in [1.29, 1.82) is 0 Å². The smallest absolute Gasteiger partial charge is 0.337 e. The summed E-state index contributed by atoms with van der Waals surface area (Å²) in [5.41, 5.74) is 1.53. The van der Waals surface area contributed by atoms with E-state index in [1.807, 2.05) is 13.0 Å². The Labute approximate surface area is 96.4 Å². The summed E-state index contributed by atoms with van der Waals surface area (Å²) in [5, 5.41) is 0. The molecule has 88 valence electrons. The van der Waals surface area contributed by atoms with Crippen molar-refractivity contribution in [1.82, 2.24) is 0 Å². The molecule has 0 amide bonds. The largest absolute Gasteiger partial charge is 0.494 e. The maximum Gasteiger partial charge on any atom is 0.337 e. The zero-order valence-corrected chi connectivity index (χ0v) is 10.1. The Bertz CT molecular complexity index is 358. The second-order valence-corrected chi connectivity index (χ2v) is 3.73. The Morgan fingerprint density at radius 1 is 1.31 bits per heavy atom. The van der Waals surface area contributed by atoms with Gasteiger partial charge < -0.3 is 9.47 Å². The number of hydrogen-bond acceptors (Lipinski definition) is 3. The van der Waals surface area contributed by atoms with Crippen LogP contribution < -0.4 is 4.74 Å². The van der Waals surface area contributed by atoms with Crippen LogP contribution in [0.4, 0.5) is 0 Å². The average molecular weight is 222 g/mol. The van der Waals surface area contributed by atoms with Crippen LogP contribution in [0.5, 0.6) is 5.75 Å². The molecule has 0 N–H and O–H groups in total. The molecule has 0 heterocycles. The molecule has 0 saturated carbocycles. The summed E-state index contributed by atoms with van der Waals surface area (Å²) in [7, 11) is 1.38. The van der Waals surface area contributed by atoms with Crippen molar-refractivity contribution in [3.63, 3.8) is 0 Å². The Hall–Kier alpha value is -1.51. The molecule has 0 bridgehead atoms. The summed E-state index contributed by atoms with van der Waals surface area (Å²) < 4.78 is 10.2. The maximum atomic E-state index is 11.4. The second kappa shape index (κ2) is 6.16. The fraction of sp³-hybridized carbons (Fsp3) is 0.462. The van der Waals surface area contributed by atoms with Crippen LogP contribution in [-0.2, 0) is 4.74 Å². The van der Waals surface area contributed by atoms with Crippen molar-refractivity contribution >= 4 is 5.97 Å². The lowest BCUT2D eigenvalue weighted by atomic mass is 10.1. The summed E-state index contributed by atoms with van der Waals surface area (Å²) >= 11 is 0. The van der Waals surface area contributed by atoms with Crippen LogP contribution in [0.15, 0.2) is 18.2 Å². The van der Waals surface area contributed by atoms with Crippen LogP contribution in [0.25, 0.3) is 0 Å². The molecular weight excluding hydrogens is 204 g/mol. The third-order valence-electron chi connectivity index (χ3n) is 2.24. The fourth-order valence-electron chi connectivity index (χ4n) is 1.40. The van der Waals surface area contributed by atoms with Gasteiger partial charge in [0.05, 0.1) is 19.3 Å². The molecule has 0 spiro atoms. The molecule has 0 fully saturated rings. The SMILES string of the molecule is CCCCOc1cc(C)cc(C(=O)OC)c1. The molecule has 0 atom stereocenters. The Kier molecular flexibility index (Phi) is 4.83. The molecule has 16 heavy (non-hydrogen) atoms. The van der Waals surface area contributed by atoms with E-state index in [9.17, 15) is 4.79 Å². The first kappa shape index (κ1) is 12.6. The van der Waals surface area contributed by atoms with Gasteiger partial charge in [0.25, 0.3) is 0 Å². The van der Waals surface area contributed by atoms with Crippen molar-refractivity contribution in [2.24, 2.45) is 0 Å². The molecule has 0 unspecified atom stereocenters. The number of carbonyl (C=O) groups excluding carboxylic acids is 1. The lowest BCUT2D eigenvalue weighted by Gasteiger charge is -2.08. The highest BCUT2D eigenvalue weighted by atomic mass is 16.5. The summed E-state index contributed by atoms with van der Waals surface area (Å²) in [4.78, 5) is 11.4. The van der Waals surface area contributed by atoms with E-state index in [0.717, 1.165) is 24.2 Å². The molecule has 1 aromatic carbocycles. The van der Waals surface area contributed by atoms with Crippen LogP contribution in [0.3, 0.4) is 0 Å². The zero-order chi connectivity index (χ0) is 12.0. The van der Waals surface area contributed by atoms with E-state index in [1.54, 1.807) is 12.1 Å². The molecule has 1 rings (SSSR count). The molecule has 3 heteroatoms. The van der Waals surface area contributed by atoms with Crippen LogP contribution in [0, 0.1) is 6.92 Å². The highest BCUT2D eigenvalue weighted by Crippen LogP contribution is 2.17. The van der Waals surface area contributed by atoms with Crippen molar-refractivity contribution in [2.75, 3.05) is 13.7 Å². The highest BCUT2D eigenvalue weighted by molar-refractivity contribution is 5.90. The van der Waals surface area contributed by atoms with E-state index >= 15 is 0 Å². The number of benzene rings is 1. The molecule has 0 aliphatic rings. The summed E-state index contributed by atoms with van der Waals surface area (Å²) in [5.74, 6) is 0.401. The quantitative estimate of drug-likeness (QED) is 0.567. The van der Waals surface area contributed by atoms with E-state index in [2.05, 4.69) is 11.7 Å². The summed E-state index contributed by atoms with van der Waals surface area (Å²) in [6.45, 7) is 4.72. The number of hydrogen-bond donors (Lipinski definition) is 0. The van der Waals surface area contributed by atoms with Gasteiger partial charge in [-0.15, -0.1) is 0 Å². The number of ether oxygens (including phenoxy) is 2. The number of rotatable bonds is 5. The number of aryl methyl sites for hydroxylation is 1. The minimum absolute atomic E-state index is 0.330. The zero-order valence-electron chi connectivity index (χ0n) is 10.1. The molecule has 0 aromatic heterocycles. The van der Waals surface area contributed by atoms with Crippen LogP contribution in [0.1, 0.15) is 35.7 Å². The van der Waals surface area contributed by atoms with Gasteiger partial charge in [0, 0.05) is 0 Å². The third kappa shape index (κ3) is 3.57. The molecule has 0 saturated heterocycles. The Morgan fingerprint density at radius 2 is 2.06 bits per heavy atom. The number of carbonyl (C=O) groups is 1. The number of esters is 1. The van der Waals surface area contributed by atoms with Crippen molar-refractivity contribution in [2.45, 2.75) is 26.7 Å². The standard InChI is InChI=1S/C13H18O3/c1-4-5-6-16-12-8-10(2)7-11(9-12)13(14)15-3/h7-9H,4-6H2,1-3H3. The molecular formula is C13H18O3. The highest BCUT2D eigenvalue weighted by Gasteiger charge is 2.07. The van der Waals surface area contributed by atoms with E-state index in [0.29, 0.717) is 12.2 Å². The lowest BCUT2D eigenvalue weighted by molar-refractivity contribution is 0.0600. The van der Waals surface area contributed by atoms with Gasteiger partial charge in [0.15, 0.2) is 0 Å². The van der Waals surface area contributed by atoms with Crippen LogP contribution in [-0.4, -0.2) is 19.7 Å². The predicted octanol–water partition coefficient (Wildman–Crippen LogP) is 2.96. The van der Waals surface area contributed by atoms with Gasteiger partial charge in [0.2, 0.25) is 0 Å². The number of methoxy groups -OCH3 is 1. The van der Waals surface area contributed by atoms with Gasteiger partial charge in [-0.1, -0.05) is 13.3 Å². The summed E-state index contributed by atoms with van der Waals surface area (Å²) in [6.07, 6.45) is 2.11. The van der Waals surface area contributed by atoms with Crippen molar-refractivity contribution in [3.05, 3.63) is 29.3 Å². The molecule has 1 aromatic rings. The average Bonchev–Trinajstić information content (AvgIpc) is 2.27. The van der Waals surface area contributed by atoms with Crippen molar-refractivity contribution in [3.8, 4) is 5.75 Å². The van der Waals surface area contributed by atoms with Gasteiger partial charge in [0.1, 0.15) is 5.75 Å². The van der Waals surface area contributed by atoms with Crippen molar-refractivity contribution < 1.29 is 14.3 Å². The van der Waals surface area contributed by atoms with Gasteiger partial charge >= 0.3 is 5.97 Å². The minimum atomic E-state index is -0.330. The summed E-state index contributed by atoms with van der Waals surface area (Å²) in [6, 6.07) is 5.43. The van der Waals surface area contributed by atoms with Gasteiger partial charge in [-0.2, -0.15) is 0 Å². The van der Waals surface area contributed by atoms with Crippen LogP contribution in [0.2, 0.25) is 0 Å². The molecule has 0 radical (unpaired) electrons. The Balaban J connectivity index is 2.77. The van der Waals surface area contributed by atoms with E-state index in [4.69, 9.17) is 4.74 Å². The predicted molar refractivity (Wildman–Crippen MR) is 62.9 cm³/mol. The van der Waals surface area contributed by atoms with E-state index in [1.165, 1.54) is 7.11 Å². The molecule has 3 nitrogen and oxygen atoms in total. The first-order valence-electron chi connectivity index (χ1n) is 5.50. The first-order valence-corrected chi connectivity index (χ1v) is 5.50. The van der Waals surface area contributed by atoms with Gasteiger partial charge in [-0.25, -0.2) is 4.79 Å². The monoisotopic (exact) mass is 222 g/mol. The Morgan fingerprint density at radius 3 is 2.69 bits per heavy atom. The lowest BCUT2D eigenvalue weighted by Crippen LogP contribution is -2.03. The fourth-order valence-corrected chi connectivity index (χ4v) is 1.40. The minimum Gasteiger partial charge on any atom is -0.494 e. The third-order valence-corrected chi connectivity index (χ3v) is 2.24. The van der Waals surface area contributed by atoms with Crippen LogP contribution >= 0.6 is 0 Å². The number of unbranched alkanes of at least 4 members (excludes halogenated alkanes) is 1. The second-order valence-electron chi connectivity index (χ2n) is 3.73. The molecule has 0 aliphatic heterocycles. The van der Waals surface area contributed by atoms with Gasteiger partial charge in [-0.3, -0.25) is 0 Å². The first-order chi connectivity index (χ1) is 7.67. The molecule has 0 aliphatic carbocycles. The normalized spacial score (nSPS) is 9.94. The van der Waals surface area contributed by atoms with E-state index in [-0.39, 0.29) is 5.97 Å².